The maximum absolute atomic E-state index is 10.9. The highest BCUT2D eigenvalue weighted by Crippen LogP contribution is 2.24. The number of carbonyl (C=O) groups is 1. The van der Waals surface area contributed by atoms with E-state index in [9.17, 15) is 4.79 Å². The lowest BCUT2D eigenvalue weighted by Gasteiger charge is -2.22. The van der Waals surface area contributed by atoms with Crippen LogP contribution < -0.4 is 11.5 Å². The third-order valence-corrected chi connectivity index (χ3v) is 3.05. The zero-order valence-corrected chi connectivity index (χ0v) is 13.6. The Balaban J connectivity index is 0. The molecule has 2 unspecified atom stereocenters. The Morgan fingerprint density at radius 2 is 1.59 bits per heavy atom. The fraction of sp³-hybridized carbons (Fsp3) is 0.538. The average Bonchev–Trinajstić information content (AvgIpc) is 2.46. The van der Waals surface area contributed by atoms with Crippen molar-refractivity contribution in [2.75, 3.05) is 13.2 Å². The molecule has 0 fully saturated rings. The second-order valence-corrected chi connectivity index (χ2v) is 4.81. The van der Waals surface area contributed by atoms with Crippen LogP contribution in [-0.4, -0.2) is 51.6 Å². The van der Waals surface area contributed by atoms with Gasteiger partial charge in [-0.3, -0.25) is 0 Å². The summed E-state index contributed by atoms with van der Waals surface area (Å²) in [5, 5.41) is 27.0. The van der Waals surface area contributed by atoms with Gasteiger partial charge in [-0.1, -0.05) is 6.07 Å². The van der Waals surface area contributed by atoms with Crippen LogP contribution in [0.4, 0.5) is 0 Å². The highest BCUT2D eigenvalue weighted by Gasteiger charge is 2.20. The van der Waals surface area contributed by atoms with Gasteiger partial charge >= 0.3 is 5.97 Å². The first-order chi connectivity index (χ1) is 9.47. The number of aliphatic hydroxyl groups is 2. The molecule has 7 N–H and O–H groups in total. The predicted molar refractivity (Wildman–Crippen MR) is 87.8 cm³/mol. The van der Waals surface area contributed by atoms with Crippen LogP contribution in [0.2, 0.25) is 0 Å². The lowest BCUT2D eigenvalue weighted by atomic mass is 9.90. The molecule has 0 aromatic carbocycles. The molecule has 7 nitrogen and oxygen atoms in total. The zero-order chi connectivity index (χ0) is 15.1. The van der Waals surface area contributed by atoms with E-state index in [1.54, 1.807) is 12.1 Å². The fourth-order valence-electron chi connectivity index (χ4n) is 2.02. The van der Waals surface area contributed by atoms with E-state index < -0.39 is 18.1 Å². The predicted octanol–water partition coefficient (Wildman–Crippen LogP) is 0.126. The average molecular weight is 356 g/mol. The summed E-state index contributed by atoms with van der Waals surface area (Å²) in [6.07, 6.45) is 0.834. The number of aliphatic hydroxyl groups excluding tert-OH is 2. The highest BCUT2D eigenvalue weighted by molar-refractivity contribution is 5.86. The minimum Gasteiger partial charge on any atom is -0.477 e. The minimum atomic E-state index is -1.11. The minimum absolute atomic E-state index is 0. The number of pyridine rings is 1. The molecular formula is C13H23Cl2N3O4. The number of aromatic carboxylic acids is 1. The maximum Gasteiger partial charge on any atom is 0.354 e. The van der Waals surface area contributed by atoms with Gasteiger partial charge in [0.15, 0.2) is 0 Å². The fourth-order valence-corrected chi connectivity index (χ4v) is 2.02. The van der Waals surface area contributed by atoms with Gasteiger partial charge in [-0.2, -0.15) is 0 Å². The van der Waals surface area contributed by atoms with Crippen molar-refractivity contribution in [2.24, 2.45) is 11.5 Å². The number of hydrogen-bond acceptors (Lipinski definition) is 6. The molecule has 22 heavy (non-hydrogen) atoms. The van der Waals surface area contributed by atoms with Crippen LogP contribution in [0.15, 0.2) is 18.2 Å². The highest BCUT2D eigenvalue weighted by atomic mass is 35.5. The van der Waals surface area contributed by atoms with Gasteiger partial charge in [-0.15, -0.1) is 24.8 Å². The van der Waals surface area contributed by atoms with Crippen molar-refractivity contribution in [3.8, 4) is 0 Å². The molecule has 0 radical (unpaired) electrons. The number of carboxylic acids is 1. The van der Waals surface area contributed by atoms with Crippen LogP contribution in [0.5, 0.6) is 0 Å². The molecule has 9 heteroatoms. The first kappa shape index (κ1) is 23.3. The molecule has 1 aromatic heterocycles. The third-order valence-electron chi connectivity index (χ3n) is 3.05. The van der Waals surface area contributed by atoms with Gasteiger partial charge in [0.1, 0.15) is 5.69 Å². The quantitative estimate of drug-likeness (QED) is 0.445. The van der Waals surface area contributed by atoms with E-state index in [-0.39, 0.29) is 49.6 Å². The number of nitrogens with two attached hydrogens (primary N) is 2. The molecule has 0 aliphatic heterocycles. The van der Waals surface area contributed by atoms with Crippen LogP contribution >= 0.6 is 24.8 Å². The number of aromatic nitrogens is 1. The van der Waals surface area contributed by atoms with Crippen LogP contribution in [0.25, 0.3) is 0 Å². The Morgan fingerprint density at radius 3 is 2.00 bits per heavy atom. The molecule has 0 saturated carbocycles. The van der Waals surface area contributed by atoms with Gasteiger partial charge in [0.2, 0.25) is 0 Å². The van der Waals surface area contributed by atoms with E-state index in [2.05, 4.69) is 4.98 Å². The molecule has 2 atom stereocenters. The summed E-state index contributed by atoms with van der Waals surface area (Å²) in [6.45, 7) is -0.354. The van der Waals surface area contributed by atoms with Crippen molar-refractivity contribution in [1.29, 1.82) is 0 Å². The monoisotopic (exact) mass is 355 g/mol. The SMILES string of the molecule is Cl.Cl.NC(CO)CC(CC(N)CO)c1cccc(C(=O)O)n1. The smallest absolute Gasteiger partial charge is 0.354 e. The van der Waals surface area contributed by atoms with Crippen molar-refractivity contribution in [2.45, 2.75) is 30.8 Å². The van der Waals surface area contributed by atoms with Gasteiger partial charge in [0, 0.05) is 23.7 Å². The van der Waals surface area contributed by atoms with E-state index in [4.69, 9.17) is 26.8 Å². The van der Waals surface area contributed by atoms with Crippen molar-refractivity contribution < 1.29 is 20.1 Å². The maximum atomic E-state index is 10.9. The van der Waals surface area contributed by atoms with Gasteiger partial charge in [-0.25, -0.2) is 9.78 Å². The van der Waals surface area contributed by atoms with Gasteiger partial charge < -0.3 is 26.8 Å². The van der Waals surface area contributed by atoms with Crippen LogP contribution in [0.3, 0.4) is 0 Å². The Hall–Kier alpha value is -0.960. The van der Waals surface area contributed by atoms with E-state index in [1.165, 1.54) is 6.07 Å². The van der Waals surface area contributed by atoms with E-state index in [1.807, 2.05) is 0 Å². The second-order valence-electron chi connectivity index (χ2n) is 4.81. The summed E-state index contributed by atoms with van der Waals surface area (Å²) in [7, 11) is 0. The lowest BCUT2D eigenvalue weighted by molar-refractivity contribution is 0.0690. The Bertz CT molecular complexity index is 439. The number of nitrogens with zero attached hydrogens (tertiary/aromatic N) is 1. The molecule has 1 rings (SSSR count). The summed E-state index contributed by atoms with van der Waals surface area (Å²) in [5.74, 6) is -1.32. The van der Waals surface area contributed by atoms with Gasteiger partial charge in [0.05, 0.1) is 13.2 Å². The van der Waals surface area contributed by atoms with E-state index in [0.717, 1.165) is 0 Å². The zero-order valence-electron chi connectivity index (χ0n) is 12.0. The van der Waals surface area contributed by atoms with Gasteiger partial charge in [-0.05, 0) is 25.0 Å². The number of halogens is 2. The van der Waals surface area contributed by atoms with Crippen LogP contribution in [0, 0.1) is 0 Å². The standard InChI is InChI=1S/C13H21N3O4.2ClH/c14-9(6-17)4-8(5-10(15)7-18)11-2-1-3-12(16-11)13(19)20;;/h1-3,8-10,17-18H,4-7,14-15H2,(H,19,20);2*1H. The Labute approximate surface area is 141 Å². The molecule has 0 saturated heterocycles. The molecule has 1 heterocycles. The normalized spacial score (nSPS) is 14.2. The van der Waals surface area contributed by atoms with Gasteiger partial charge in [0.25, 0.3) is 0 Å². The largest absolute Gasteiger partial charge is 0.477 e. The lowest BCUT2D eigenvalue weighted by Crippen LogP contribution is -2.32. The Morgan fingerprint density at radius 1 is 1.09 bits per heavy atom. The van der Waals surface area contributed by atoms with Crippen molar-refractivity contribution in [1.82, 2.24) is 4.98 Å². The molecule has 0 amide bonds. The summed E-state index contributed by atoms with van der Waals surface area (Å²) < 4.78 is 0. The topological polar surface area (TPSA) is 143 Å². The van der Waals surface area contributed by atoms with Crippen LogP contribution in [0.1, 0.15) is 34.9 Å². The van der Waals surface area contributed by atoms with Crippen molar-refractivity contribution in [3.05, 3.63) is 29.6 Å². The Kier molecular flexibility index (Phi) is 12.3. The molecule has 128 valence electrons. The number of carboxylic acid groups (broad SMARTS) is 1. The van der Waals surface area contributed by atoms with E-state index in [0.29, 0.717) is 18.5 Å². The number of hydrogen-bond donors (Lipinski definition) is 5. The summed E-state index contributed by atoms with van der Waals surface area (Å²) in [5.41, 5.74) is 12.0. The summed E-state index contributed by atoms with van der Waals surface area (Å²) in [4.78, 5) is 15.0. The first-order valence-corrected chi connectivity index (χ1v) is 6.41. The molecule has 0 aliphatic rings. The second kappa shape index (κ2) is 11.6. The molecule has 1 aromatic rings. The van der Waals surface area contributed by atoms with Crippen LogP contribution in [-0.2, 0) is 0 Å². The molecule has 0 bridgehead atoms. The van der Waals surface area contributed by atoms with Crippen molar-refractivity contribution in [3.63, 3.8) is 0 Å². The number of rotatable bonds is 8. The van der Waals surface area contributed by atoms with Crippen molar-refractivity contribution >= 4 is 30.8 Å². The first-order valence-electron chi connectivity index (χ1n) is 6.41. The van der Waals surface area contributed by atoms with E-state index >= 15 is 0 Å². The third kappa shape index (κ3) is 7.35. The summed E-state index contributed by atoms with van der Waals surface area (Å²) >= 11 is 0. The molecular weight excluding hydrogens is 333 g/mol. The molecule has 0 aliphatic carbocycles. The summed E-state index contributed by atoms with van der Waals surface area (Å²) in [6, 6.07) is 3.82. The molecule has 0 spiro atoms.